The second-order valence-electron chi connectivity index (χ2n) is 4.65. The molecule has 112 valence electrons. The number of ether oxygens (including phenoxy) is 1. The van der Waals surface area contributed by atoms with E-state index in [1.807, 2.05) is 0 Å². The Kier molecular flexibility index (Phi) is 3.79. The topological polar surface area (TPSA) is 96.3 Å². The molecule has 0 aliphatic heterocycles. The molecule has 0 amide bonds. The Morgan fingerprint density at radius 3 is 2.52 bits per heavy atom. The molecule has 21 heavy (non-hydrogen) atoms. The summed E-state index contributed by atoms with van der Waals surface area (Å²) >= 11 is 0. The molecule has 0 unspecified atom stereocenters. The first-order valence-corrected chi connectivity index (χ1v) is 6.19. The second-order valence-corrected chi connectivity index (χ2v) is 4.65. The Morgan fingerprint density at radius 2 is 1.95 bits per heavy atom. The molecule has 8 nitrogen and oxygen atoms in total. The van der Waals surface area contributed by atoms with E-state index >= 15 is 0 Å². The molecule has 2 rings (SSSR count). The predicted octanol–water partition coefficient (Wildman–Crippen LogP) is 0.0458. The first kappa shape index (κ1) is 14.8. The van der Waals surface area contributed by atoms with Gasteiger partial charge in [0.05, 0.1) is 11.4 Å². The quantitative estimate of drug-likeness (QED) is 0.742. The van der Waals surface area contributed by atoms with E-state index in [4.69, 9.17) is 9.26 Å². The standard InChI is InChI=1S/C13H15N3O5/c1-7-11(8(2)21-14-7)12(18)20-6-9-5-10(17)16(4)13(19)15(9)3/h5H,6H2,1-4H3. The molecule has 0 aromatic carbocycles. The molecule has 0 radical (unpaired) electrons. The Labute approximate surface area is 119 Å². The second kappa shape index (κ2) is 5.39. The molecular weight excluding hydrogens is 278 g/mol. The zero-order valence-corrected chi connectivity index (χ0v) is 12.2. The Bertz CT molecular complexity index is 793. The van der Waals surface area contributed by atoms with Gasteiger partial charge in [-0.25, -0.2) is 9.59 Å². The molecule has 0 saturated carbocycles. The lowest BCUT2D eigenvalue weighted by Crippen LogP contribution is -2.38. The monoisotopic (exact) mass is 293 g/mol. The van der Waals surface area contributed by atoms with Crippen LogP contribution in [0.2, 0.25) is 0 Å². The average molecular weight is 293 g/mol. The highest BCUT2D eigenvalue weighted by Crippen LogP contribution is 2.14. The lowest BCUT2D eigenvalue weighted by molar-refractivity contribution is 0.0460. The third-order valence-electron chi connectivity index (χ3n) is 3.21. The Hall–Kier alpha value is -2.64. The van der Waals surface area contributed by atoms with Gasteiger partial charge in [-0.15, -0.1) is 0 Å². The zero-order chi connectivity index (χ0) is 15.7. The van der Waals surface area contributed by atoms with Gasteiger partial charge in [0.2, 0.25) is 0 Å². The van der Waals surface area contributed by atoms with E-state index in [0.29, 0.717) is 17.1 Å². The van der Waals surface area contributed by atoms with Crippen LogP contribution >= 0.6 is 0 Å². The molecule has 0 bridgehead atoms. The minimum absolute atomic E-state index is 0.190. The predicted molar refractivity (Wildman–Crippen MR) is 72.0 cm³/mol. The van der Waals surface area contributed by atoms with E-state index in [9.17, 15) is 14.4 Å². The van der Waals surface area contributed by atoms with Gasteiger partial charge in [0.15, 0.2) is 0 Å². The van der Waals surface area contributed by atoms with Gasteiger partial charge in [-0.2, -0.15) is 0 Å². The van der Waals surface area contributed by atoms with Crippen LogP contribution in [0.5, 0.6) is 0 Å². The first-order valence-electron chi connectivity index (χ1n) is 6.19. The van der Waals surface area contributed by atoms with E-state index in [2.05, 4.69) is 5.16 Å². The maximum Gasteiger partial charge on any atom is 0.344 e. The third-order valence-corrected chi connectivity index (χ3v) is 3.21. The van der Waals surface area contributed by atoms with Crippen LogP contribution in [-0.2, 0) is 25.4 Å². The molecule has 2 aromatic heterocycles. The fourth-order valence-electron chi connectivity index (χ4n) is 1.90. The van der Waals surface area contributed by atoms with Gasteiger partial charge in [-0.1, -0.05) is 5.16 Å². The van der Waals surface area contributed by atoms with Crippen LogP contribution in [0.3, 0.4) is 0 Å². The van der Waals surface area contributed by atoms with Crippen molar-refractivity contribution in [1.82, 2.24) is 14.3 Å². The summed E-state index contributed by atoms with van der Waals surface area (Å²) in [4.78, 5) is 35.3. The average Bonchev–Trinajstić information content (AvgIpc) is 2.78. The highest BCUT2D eigenvalue weighted by atomic mass is 16.5. The molecule has 2 heterocycles. The number of rotatable bonds is 3. The van der Waals surface area contributed by atoms with Crippen molar-refractivity contribution >= 4 is 5.97 Å². The summed E-state index contributed by atoms with van der Waals surface area (Å²) in [5.41, 5.74) is 0.0507. The molecule has 2 aromatic rings. The minimum atomic E-state index is -0.612. The van der Waals surface area contributed by atoms with Gasteiger partial charge in [0.1, 0.15) is 17.9 Å². The van der Waals surface area contributed by atoms with Crippen molar-refractivity contribution in [2.75, 3.05) is 0 Å². The molecule has 0 spiro atoms. The smallest absolute Gasteiger partial charge is 0.344 e. The van der Waals surface area contributed by atoms with Crippen LogP contribution in [0.4, 0.5) is 0 Å². The molecule has 0 saturated heterocycles. The summed E-state index contributed by atoms with van der Waals surface area (Å²) in [6, 6.07) is 1.25. The van der Waals surface area contributed by atoms with Crippen LogP contribution < -0.4 is 11.2 Å². The van der Waals surface area contributed by atoms with Crippen molar-refractivity contribution in [2.24, 2.45) is 14.1 Å². The molecule has 0 N–H and O–H groups in total. The Morgan fingerprint density at radius 1 is 1.29 bits per heavy atom. The number of hydrogen-bond acceptors (Lipinski definition) is 6. The normalized spacial score (nSPS) is 10.7. The minimum Gasteiger partial charge on any atom is -0.456 e. The van der Waals surface area contributed by atoms with E-state index < -0.39 is 17.2 Å². The maximum absolute atomic E-state index is 12.0. The van der Waals surface area contributed by atoms with Crippen molar-refractivity contribution in [3.63, 3.8) is 0 Å². The molecular formula is C13H15N3O5. The Balaban J connectivity index is 2.24. The summed E-state index contributed by atoms with van der Waals surface area (Å²) in [5.74, 6) is -0.255. The van der Waals surface area contributed by atoms with Crippen LogP contribution in [0.25, 0.3) is 0 Å². The number of aryl methyl sites for hydroxylation is 2. The zero-order valence-electron chi connectivity index (χ0n) is 12.2. The molecule has 0 atom stereocenters. The first-order chi connectivity index (χ1) is 9.82. The molecule has 0 aliphatic rings. The third kappa shape index (κ3) is 2.64. The summed E-state index contributed by atoms with van der Waals surface area (Å²) in [5, 5.41) is 3.67. The summed E-state index contributed by atoms with van der Waals surface area (Å²) < 4.78 is 12.2. The van der Waals surface area contributed by atoms with E-state index in [1.165, 1.54) is 24.7 Å². The van der Waals surface area contributed by atoms with Gasteiger partial charge >= 0.3 is 11.7 Å². The van der Waals surface area contributed by atoms with Gasteiger partial charge in [-0.3, -0.25) is 13.9 Å². The number of carbonyl (C=O) groups is 1. The van der Waals surface area contributed by atoms with Crippen LogP contribution in [-0.4, -0.2) is 20.3 Å². The van der Waals surface area contributed by atoms with Crippen LogP contribution in [0, 0.1) is 13.8 Å². The van der Waals surface area contributed by atoms with Crippen molar-refractivity contribution < 1.29 is 14.1 Å². The SMILES string of the molecule is Cc1noc(C)c1C(=O)OCc1cc(=O)n(C)c(=O)n1C. The van der Waals surface area contributed by atoms with Crippen LogP contribution in [0.1, 0.15) is 27.5 Å². The van der Waals surface area contributed by atoms with Gasteiger partial charge in [0, 0.05) is 20.2 Å². The number of esters is 1. The number of hydrogen-bond donors (Lipinski definition) is 0. The van der Waals surface area contributed by atoms with Crippen molar-refractivity contribution in [1.29, 1.82) is 0 Å². The molecule has 8 heteroatoms. The summed E-state index contributed by atoms with van der Waals surface area (Å²) in [6.07, 6.45) is 0. The van der Waals surface area contributed by atoms with Gasteiger partial charge in [-0.05, 0) is 13.8 Å². The van der Waals surface area contributed by atoms with Crippen molar-refractivity contribution in [3.05, 3.63) is 49.6 Å². The van der Waals surface area contributed by atoms with E-state index in [-0.39, 0.29) is 12.2 Å². The highest BCUT2D eigenvalue weighted by molar-refractivity contribution is 5.91. The fourth-order valence-corrected chi connectivity index (χ4v) is 1.90. The van der Waals surface area contributed by atoms with Crippen molar-refractivity contribution in [3.8, 4) is 0 Å². The van der Waals surface area contributed by atoms with E-state index in [0.717, 1.165) is 4.57 Å². The summed E-state index contributed by atoms with van der Waals surface area (Å²) in [6.45, 7) is 3.04. The lowest BCUT2D eigenvalue weighted by Gasteiger charge is -2.09. The summed E-state index contributed by atoms with van der Waals surface area (Å²) in [7, 11) is 2.88. The van der Waals surface area contributed by atoms with Crippen molar-refractivity contribution in [2.45, 2.75) is 20.5 Å². The number of carbonyl (C=O) groups excluding carboxylic acids is 1. The molecule has 0 fully saturated rings. The fraction of sp³-hybridized carbons (Fsp3) is 0.385. The number of aromatic nitrogens is 3. The van der Waals surface area contributed by atoms with E-state index in [1.54, 1.807) is 13.8 Å². The van der Waals surface area contributed by atoms with Gasteiger partial charge < -0.3 is 9.26 Å². The largest absolute Gasteiger partial charge is 0.456 e. The van der Waals surface area contributed by atoms with Crippen LogP contribution in [0.15, 0.2) is 20.2 Å². The maximum atomic E-state index is 12.0. The number of nitrogens with zero attached hydrogens (tertiary/aromatic N) is 3. The highest BCUT2D eigenvalue weighted by Gasteiger charge is 2.19. The molecule has 0 aliphatic carbocycles. The lowest BCUT2D eigenvalue weighted by atomic mass is 10.2. The van der Waals surface area contributed by atoms with Gasteiger partial charge in [0.25, 0.3) is 5.56 Å².